The highest BCUT2D eigenvalue weighted by atomic mass is 19.1. The van der Waals surface area contributed by atoms with E-state index in [9.17, 15) is 4.39 Å². The van der Waals surface area contributed by atoms with Crippen molar-refractivity contribution in [1.82, 2.24) is 25.2 Å². The van der Waals surface area contributed by atoms with Crippen molar-refractivity contribution >= 4 is 27.5 Å². The standard InChI is InChI=1S/C33H35F3N6O2/c1-2-43-31-26-29(27(36)28(38-31)25-23-7-4-3-6-19(23)8-11-24(25)35)39-32(40-30(26)41-16-21-9-10-22(17-41)37-21)44-18-33-12-5-13-42(33)15-20(34)14-33/h3-4,6-8,11,20-22,37H,2,5,9-10,12-18H2,1H3/t20-,21-,22+,33+/m1/s1. The van der Waals surface area contributed by atoms with Crippen LogP contribution in [0.2, 0.25) is 0 Å². The number of halogens is 3. The van der Waals surface area contributed by atoms with Crippen LogP contribution in [-0.4, -0.2) is 83.0 Å². The maximum atomic E-state index is 16.9. The monoisotopic (exact) mass is 604 g/mol. The van der Waals surface area contributed by atoms with E-state index in [1.165, 1.54) is 6.07 Å². The molecule has 4 aliphatic rings. The molecule has 8 nitrogen and oxygen atoms in total. The lowest BCUT2D eigenvalue weighted by Crippen LogP contribution is -2.51. The molecule has 0 radical (unpaired) electrons. The third kappa shape index (κ3) is 4.54. The summed E-state index contributed by atoms with van der Waals surface area (Å²) < 4.78 is 59.2. The summed E-state index contributed by atoms with van der Waals surface area (Å²) >= 11 is 0. The lowest BCUT2D eigenvalue weighted by atomic mass is 9.95. The molecule has 2 bridgehead atoms. The van der Waals surface area contributed by atoms with Gasteiger partial charge in [-0.2, -0.15) is 9.97 Å². The smallest absolute Gasteiger partial charge is 0.319 e. The minimum absolute atomic E-state index is 0.0128. The predicted molar refractivity (Wildman–Crippen MR) is 162 cm³/mol. The van der Waals surface area contributed by atoms with Gasteiger partial charge in [0.2, 0.25) is 5.88 Å². The van der Waals surface area contributed by atoms with Crippen LogP contribution in [0.1, 0.15) is 39.0 Å². The molecule has 0 spiro atoms. The van der Waals surface area contributed by atoms with Crippen LogP contribution < -0.4 is 19.7 Å². The number of benzene rings is 2. The van der Waals surface area contributed by atoms with E-state index in [2.05, 4.69) is 25.1 Å². The van der Waals surface area contributed by atoms with Gasteiger partial charge < -0.3 is 19.7 Å². The fourth-order valence-electron chi connectivity index (χ4n) is 7.91. The number of alkyl halides is 1. The van der Waals surface area contributed by atoms with Crippen LogP contribution in [0.25, 0.3) is 32.9 Å². The van der Waals surface area contributed by atoms with Gasteiger partial charge in [0.25, 0.3) is 0 Å². The Morgan fingerprint density at radius 3 is 2.64 bits per heavy atom. The number of nitrogens with zero attached hydrogens (tertiary/aromatic N) is 5. The quantitative estimate of drug-likeness (QED) is 0.300. The lowest BCUT2D eigenvalue weighted by Gasteiger charge is -2.35. The first-order valence-corrected chi connectivity index (χ1v) is 15.7. The fourth-order valence-corrected chi connectivity index (χ4v) is 7.91. The zero-order valence-corrected chi connectivity index (χ0v) is 24.7. The van der Waals surface area contributed by atoms with Crippen LogP contribution in [0.15, 0.2) is 36.4 Å². The minimum atomic E-state index is -0.904. The summed E-state index contributed by atoms with van der Waals surface area (Å²) in [5.41, 5.74) is -0.585. The Balaban J connectivity index is 1.31. The molecular weight excluding hydrogens is 569 g/mol. The van der Waals surface area contributed by atoms with Gasteiger partial charge in [-0.1, -0.05) is 30.3 Å². The second-order valence-electron chi connectivity index (χ2n) is 12.6. The summed E-state index contributed by atoms with van der Waals surface area (Å²) in [5, 5.41) is 5.26. The molecule has 6 heterocycles. The highest BCUT2D eigenvalue weighted by Crippen LogP contribution is 2.43. The molecule has 4 atom stereocenters. The molecule has 4 saturated heterocycles. The van der Waals surface area contributed by atoms with Gasteiger partial charge in [-0.3, -0.25) is 4.90 Å². The first-order valence-electron chi connectivity index (χ1n) is 15.7. The number of nitrogens with one attached hydrogen (secondary N) is 1. The molecule has 8 rings (SSSR count). The predicted octanol–water partition coefficient (Wildman–Crippen LogP) is 5.42. The number of rotatable bonds is 7. The van der Waals surface area contributed by atoms with Crippen LogP contribution in [0.5, 0.6) is 11.9 Å². The number of piperazine rings is 1. The zero-order chi connectivity index (χ0) is 30.0. The number of ether oxygens (including phenoxy) is 2. The van der Waals surface area contributed by atoms with Crippen molar-refractivity contribution < 1.29 is 22.6 Å². The number of aromatic nitrogens is 3. The fraction of sp³-hybridized carbons (Fsp3) is 0.485. The lowest BCUT2D eigenvalue weighted by molar-refractivity contribution is 0.107. The highest BCUT2D eigenvalue weighted by molar-refractivity contribution is 6.01. The van der Waals surface area contributed by atoms with Gasteiger partial charge in [-0.25, -0.2) is 18.2 Å². The molecule has 0 unspecified atom stereocenters. The molecule has 4 aliphatic heterocycles. The normalized spacial score (nSPS) is 26.5. The van der Waals surface area contributed by atoms with E-state index in [-0.39, 0.29) is 54.0 Å². The molecule has 44 heavy (non-hydrogen) atoms. The van der Waals surface area contributed by atoms with Gasteiger partial charge in [0.1, 0.15) is 41.0 Å². The zero-order valence-electron chi connectivity index (χ0n) is 24.7. The molecule has 4 fully saturated rings. The van der Waals surface area contributed by atoms with E-state index in [4.69, 9.17) is 14.5 Å². The minimum Gasteiger partial charge on any atom is -0.477 e. The Hall–Kier alpha value is -3.70. The summed E-state index contributed by atoms with van der Waals surface area (Å²) in [6, 6.07) is 10.8. The topological polar surface area (TPSA) is 75.6 Å². The van der Waals surface area contributed by atoms with Crippen molar-refractivity contribution in [1.29, 1.82) is 0 Å². The van der Waals surface area contributed by atoms with Gasteiger partial charge in [-0.05, 0) is 56.0 Å². The first-order chi connectivity index (χ1) is 21.4. The third-order valence-electron chi connectivity index (χ3n) is 9.86. The Morgan fingerprint density at radius 2 is 1.82 bits per heavy atom. The third-order valence-corrected chi connectivity index (χ3v) is 9.86. The van der Waals surface area contributed by atoms with E-state index >= 15 is 8.78 Å². The number of fused-ring (bicyclic) bond motifs is 5. The SMILES string of the molecule is CCOc1nc(-c2c(F)ccc3ccccc23)c(F)c2nc(OC[C@@]34CCCN3C[C@H](F)C4)nc(N3C[C@H]4CC[C@@H](C3)N4)c12. The molecule has 1 N–H and O–H groups in total. The van der Waals surface area contributed by atoms with Crippen molar-refractivity contribution in [2.45, 2.75) is 62.8 Å². The average Bonchev–Trinajstić information content (AvgIpc) is 3.67. The van der Waals surface area contributed by atoms with E-state index in [0.717, 1.165) is 37.6 Å². The maximum absolute atomic E-state index is 16.9. The molecule has 11 heteroatoms. The number of hydrogen-bond donors (Lipinski definition) is 1. The summed E-state index contributed by atoms with van der Waals surface area (Å²) in [6.45, 7) is 4.88. The molecule has 2 aromatic heterocycles. The molecule has 2 aromatic carbocycles. The van der Waals surface area contributed by atoms with Crippen LogP contribution in [0.4, 0.5) is 19.0 Å². The number of pyridine rings is 1. The molecule has 0 amide bonds. The van der Waals surface area contributed by atoms with Crippen molar-refractivity contribution in [2.24, 2.45) is 0 Å². The Kier molecular flexibility index (Phi) is 6.78. The van der Waals surface area contributed by atoms with Crippen LogP contribution in [0, 0.1) is 11.6 Å². The average molecular weight is 605 g/mol. The van der Waals surface area contributed by atoms with Gasteiger partial charge in [0, 0.05) is 43.7 Å². The Labute approximate surface area is 253 Å². The molecule has 0 saturated carbocycles. The molecule has 230 valence electrons. The van der Waals surface area contributed by atoms with E-state index in [0.29, 0.717) is 42.6 Å². The molecular formula is C33H35F3N6O2. The van der Waals surface area contributed by atoms with Crippen LogP contribution in [0.3, 0.4) is 0 Å². The van der Waals surface area contributed by atoms with Crippen LogP contribution in [-0.2, 0) is 0 Å². The maximum Gasteiger partial charge on any atom is 0.319 e. The van der Waals surface area contributed by atoms with Gasteiger partial charge in [0.05, 0.1) is 12.1 Å². The van der Waals surface area contributed by atoms with E-state index in [1.807, 2.05) is 19.1 Å². The highest BCUT2D eigenvalue weighted by Gasteiger charge is 2.49. The Bertz CT molecular complexity index is 1740. The Morgan fingerprint density at radius 1 is 1.00 bits per heavy atom. The van der Waals surface area contributed by atoms with Gasteiger partial charge in [-0.15, -0.1) is 0 Å². The van der Waals surface area contributed by atoms with Crippen LogP contribution >= 0.6 is 0 Å². The van der Waals surface area contributed by atoms with Crippen molar-refractivity contribution in [2.75, 3.05) is 44.3 Å². The summed E-state index contributed by atoms with van der Waals surface area (Å²) in [7, 11) is 0. The summed E-state index contributed by atoms with van der Waals surface area (Å²) in [4.78, 5) is 18.4. The van der Waals surface area contributed by atoms with Gasteiger partial charge >= 0.3 is 6.01 Å². The van der Waals surface area contributed by atoms with Gasteiger partial charge in [0.15, 0.2) is 5.82 Å². The summed E-state index contributed by atoms with van der Waals surface area (Å²) in [5.74, 6) is -0.728. The van der Waals surface area contributed by atoms with E-state index < -0.39 is 23.3 Å². The van der Waals surface area contributed by atoms with Crippen molar-refractivity contribution in [3.63, 3.8) is 0 Å². The largest absolute Gasteiger partial charge is 0.477 e. The summed E-state index contributed by atoms with van der Waals surface area (Å²) in [6.07, 6.45) is 3.38. The van der Waals surface area contributed by atoms with Crippen molar-refractivity contribution in [3.8, 4) is 23.1 Å². The first kappa shape index (κ1) is 27.8. The molecule has 4 aromatic rings. The number of anilines is 1. The number of hydrogen-bond acceptors (Lipinski definition) is 8. The molecule has 0 aliphatic carbocycles. The second-order valence-corrected chi connectivity index (χ2v) is 12.6. The van der Waals surface area contributed by atoms with E-state index in [1.54, 1.807) is 18.2 Å². The van der Waals surface area contributed by atoms with Crippen molar-refractivity contribution in [3.05, 3.63) is 48.0 Å². The second kappa shape index (κ2) is 10.7.